The van der Waals surface area contributed by atoms with Crippen molar-refractivity contribution in [1.82, 2.24) is 4.40 Å². The lowest BCUT2D eigenvalue weighted by molar-refractivity contribution is 1.28. The van der Waals surface area contributed by atoms with E-state index < -0.39 is 0 Å². The second kappa shape index (κ2) is 14.3. The molecule has 0 unspecified atom stereocenters. The van der Waals surface area contributed by atoms with Gasteiger partial charge in [0.2, 0.25) is 0 Å². The molecule has 63 heavy (non-hydrogen) atoms. The van der Waals surface area contributed by atoms with E-state index in [2.05, 4.69) is 240 Å². The van der Waals surface area contributed by atoms with Crippen molar-refractivity contribution in [2.45, 2.75) is 0 Å². The summed E-state index contributed by atoms with van der Waals surface area (Å²) in [5.41, 5.74) is 14.2. The van der Waals surface area contributed by atoms with Gasteiger partial charge in [0.05, 0.1) is 16.6 Å². The molecule has 13 rings (SSSR count). The first-order valence-corrected chi connectivity index (χ1v) is 22.4. The molecule has 0 fully saturated rings. The van der Waals surface area contributed by atoms with Crippen molar-refractivity contribution in [3.05, 3.63) is 231 Å². The number of para-hydroxylation sites is 1. The van der Waals surface area contributed by atoms with Crippen LogP contribution in [0.2, 0.25) is 0 Å². The zero-order valence-corrected chi connectivity index (χ0v) is 35.1. The Hall–Kier alpha value is -7.98. The van der Waals surface area contributed by atoms with E-state index in [9.17, 15) is 0 Å². The Morgan fingerprint density at radius 2 is 0.746 bits per heavy atom. The third kappa shape index (κ3) is 5.71. The van der Waals surface area contributed by atoms with Gasteiger partial charge in [0.1, 0.15) is 0 Å². The number of aromatic nitrogens is 1. The van der Waals surface area contributed by atoms with Gasteiger partial charge in [-0.25, -0.2) is 0 Å². The van der Waals surface area contributed by atoms with E-state index in [1.807, 2.05) is 11.3 Å². The fourth-order valence-corrected chi connectivity index (χ4v) is 11.2. The van der Waals surface area contributed by atoms with Crippen LogP contribution in [0.3, 0.4) is 0 Å². The van der Waals surface area contributed by atoms with Gasteiger partial charge in [-0.3, -0.25) is 0 Å². The van der Waals surface area contributed by atoms with E-state index in [1.54, 1.807) is 0 Å². The fraction of sp³-hybridized carbons (Fsp3) is 0. The van der Waals surface area contributed by atoms with Gasteiger partial charge in [0, 0.05) is 53.4 Å². The molecule has 294 valence electrons. The Labute approximate surface area is 368 Å². The standard InChI is InChI=1S/C60H38N2S/c1-3-12-39(13-4-1)41-22-29-45(30-23-41)61(46-31-24-42(25-32-46)40-14-5-2-6-15-40)47-33-26-43(27-34-47)44-28-36-55-53(38-44)52-35-37-57-59-58-51(19-11-21-56(58)63-57)49-17-8-7-16-48(49)50-18-9-10-20-54(50)62(55)60(52)59/h1-38H. The summed E-state index contributed by atoms with van der Waals surface area (Å²) in [5.74, 6) is 0. The van der Waals surface area contributed by atoms with Crippen LogP contribution in [0.5, 0.6) is 0 Å². The van der Waals surface area contributed by atoms with Gasteiger partial charge in [-0.15, -0.1) is 11.3 Å². The maximum absolute atomic E-state index is 2.55. The van der Waals surface area contributed by atoms with Crippen LogP contribution in [0.1, 0.15) is 0 Å². The Balaban J connectivity index is 0.974. The van der Waals surface area contributed by atoms with Crippen molar-refractivity contribution < 1.29 is 0 Å². The molecule has 3 heteroatoms. The predicted octanol–water partition coefficient (Wildman–Crippen LogP) is 17.4. The summed E-state index contributed by atoms with van der Waals surface area (Å²) in [7, 11) is 0. The summed E-state index contributed by atoms with van der Waals surface area (Å²) in [6.07, 6.45) is 0. The molecule has 0 spiro atoms. The molecule has 0 aliphatic heterocycles. The molecule has 0 saturated heterocycles. The van der Waals surface area contributed by atoms with Gasteiger partial charge in [-0.05, 0) is 116 Å². The molecule has 13 aromatic rings. The summed E-state index contributed by atoms with van der Waals surface area (Å²) in [6, 6.07) is 84.6. The van der Waals surface area contributed by atoms with E-state index >= 15 is 0 Å². The Kier molecular flexibility index (Phi) is 8.12. The molecule has 10 aromatic carbocycles. The average Bonchev–Trinajstić information content (AvgIpc) is 3.92. The molecule has 0 atom stereocenters. The van der Waals surface area contributed by atoms with Gasteiger partial charge in [0.25, 0.3) is 0 Å². The number of hydrogen-bond acceptors (Lipinski definition) is 2. The van der Waals surface area contributed by atoms with Gasteiger partial charge in [-0.2, -0.15) is 0 Å². The molecular formula is C60H38N2S. The van der Waals surface area contributed by atoms with E-state index in [1.165, 1.54) is 102 Å². The smallest absolute Gasteiger partial charge is 0.0634 e. The van der Waals surface area contributed by atoms with Crippen LogP contribution in [-0.2, 0) is 0 Å². The molecular weight excluding hydrogens is 781 g/mol. The molecule has 0 aliphatic rings. The highest BCUT2D eigenvalue weighted by Gasteiger charge is 2.20. The van der Waals surface area contributed by atoms with Crippen molar-refractivity contribution in [2.24, 2.45) is 0 Å². The molecule has 0 bridgehead atoms. The normalized spacial score (nSPS) is 11.8. The SMILES string of the molecule is c1ccc(-c2ccc(N(c3ccc(-c4ccccc4)cc3)c3ccc(-c4ccc5c(c4)c4ccc6sc7cccc8c9ccccc9c9ccccc9n5c4c6c78)cc3)cc2)cc1. The fourth-order valence-electron chi connectivity index (χ4n) is 10.0. The third-order valence-corrected chi connectivity index (χ3v) is 14.1. The van der Waals surface area contributed by atoms with Crippen LogP contribution in [-0.4, -0.2) is 4.40 Å². The highest BCUT2D eigenvalue weighted by Crippen LogP contribution is 2.46. The number of rotatable bonds is 6. The Morgan fingerprint density at radius 1 is 0.286 bits per heavy atom. The number of nitrogens with zero attached hydrogens (tertiary/aromatic N) is 2. The Bertz CT molecular complexity index is 3770. The van der Waals surface area contributed by atoms with Gasteiger partial charge < -0.3 is 9.30 Å². The largest absolute Gasteiger partial charge is 0.311 e. The van der Waals surface area contributed by atoms with Crippen LogP contribution in [0.15, 0.2) is 231 Å². The molecule has 0 aliphatic carbocycles. The van der Waals surface area contributed by atoms with Crippen molar-refractivity contribution in [1.29, 1.82) is 0 Å². The van der Waals surface area contributed by atoms with Crippen molar-refractivity contribution in [2.75, 3.05) is 4.90 Å². The number of fused-ring (bicyclic) bond motifs is 8. The van der Waals surface area contributed by atoms with E-state index in [-0.39, 0.29) is 0 Å². The minimum Gasteiger partial charge on any atom is -0.311 e. The monoisotopic (exact) mass is 818 g/mol. The van der Waals surface area contributed by atoms with E-state index in [4.69, 9.17) is 0 Å². The number of anilines is 3. The van der Waals surface area contributed by atoms with Crippen LogP contribution in [0, 0.1) is 0 Å². The number of hydrogen-bond donors (Lipinski definition) is 0. The second-order valence-corrected chi connectivity index (χ2v) is 17.5. The predicted molar refractivity (Wildman–Crippen MR) is 271 cm³/mol. The van der Waals surface area contributed by atoms with E-state index in [0.29, 0.717) is 0 Å². The van der Waals surface area contributed by atoms with Gasteiger partial charge in [0.15, 0.2) is 0 Å². The number of thiophene rings is 1. The average molecular weight is 819 g/mol. The maximum Gasteiger partial charge on any atom is 0.0634 e. The van der Waals surface area contributed by atoms with Crippen LogP contribution < -0.4 is 4.90 Å². The molecule has 0 N–H and O–H groups in total. The summed E-state index contributed by atoms with van der Waals surface area (Å²) in [5, 5.41) is 10.3. The van der Waals surface area contributed by atoms with Gasteiger partial charge >= 0.3 is 0 Å². The third-order valence-electron chi connectivity index (χ3n) is 13.0. The molecule has 0 radical (unpaired) electrons. The summed E-state index contributed by atoms with van der Waals surface area (Å²) in [4.78, 5) is 2.36. The zero-order chi connectivity index (χ0) is 41.4. The minimum absolute atomic E-state index is 1.10. The number of benzene rings is 10. The topological polar surface area (TPSA) is 7.65 Å². The molecule has 0 amide bonds. The maximum atomic E-state index is 2.55. The van der Waals surface area contributed by atoms with Crippen LogP contribution in [0.25, 0.3) is 102 Å². The van der Waals surface area contributed by atoms with Crippen molar-refractivity contribution in [3.8, 4) is 33.4 Å². The molecule has 3 aromatic heterocycles. The summed E-state index contributed by atoms with van der Waals surface area (Å²) >= 11 is 1.90. The Morgan fingerprint density at radius 3 is 1.37 bits per heavy atom. The quantitative estimate of drug-likeness (QED) is 0.162. The lowest BCUT2D eigenvalue weighted by Crippen LogP contribution is -2.09. The molecule has 0 saturated carbocycles. The minimum atomic E-state index is 1.10. The zero-order valence-electron chi connectivity index (χ0n) is 34.2. The second-order valence-electron chi connectivity index (χ2n) is 16.5. The van der Waals surface area contributed by atoms with E-state index in [0.717, 1.165) is 17.1 Å². The highest BCUT2D eigenvalue weighted by atomic mass is 32.1. The first-order chi connectivity index (χ1) is 31.2. The first kappa shape index (κ1) is 35.7. The summed E-state index contributed by atoms with van der Waals surface area (Å²) < 4.78 is 5.18. The molecule has 2 nitrogen and oxygen atoms in total. The van der Waals surface area contributed by atoms with Crippen LogP contribution >= 0.6 is 11.3 Å². The van der Waals surface area contributed by atoms with Gasteiger partial charge in [-0.1, -0.05) is 164 Å². The first-order valence-electron chi connectivity index (χ1n) is 21.6. The van der Waals surface area contributed by atoms with Crippen molar-refractivity contribution in [3.63, 3.8) is 0 Å². The highest BCUT2D eigenvalue weighted by molar-refractivity contribution is 7.26. The molecule has 3 heterocycles. The van der Waals surface area contributed by atoms with Crippen molar-refractivity contribution >= 4 is 97.4 Å². The van der Waals surface area contributed by atoms with Crippen LogP contribution in [0.4, 0.5) is 17.1 Å². The lowest BCUT2D eigenvalue weighted by atomic mass is 9.99. The lowest BCUT2D eigenvalue weighted by Gasteiger charge is -2.26. The summed E-state index contributed by atoms with van der Waals surface area (Å²) in [6.45, 7) is 0.